The van der Waals surface area contributed by atoms with Crippen molar-refractivity contribution in [3.63, 3.8) is 0 Å². The molecule has 2 aromatic rings. The molecule has 140 valence electrons. The molecule has 5 nitrogen and oxygen atoms in total. The zero-order valence-electron chi connectivity index (χ0n) is 15.7. The van der Waals surface area contributed by atoms with Crippen LogP contribution in [0.3, 0.4) is 0 Å². The van der Waals surface area contributed by atoms with E-state index in [2.05, 4.69) is 23.5 Å². The number of allylic oxidation sites excluding steroid dienone is 2. The normalized spacial score (nSPS) is 22.4. The van der Waals surface area contributed by atoms with Gasteiger partial charge in [-0.15, -0.1) is 0 Å². The Morgan fingerprint density at radius 2 is 1.85 bits per heavy atom. The van der Waals surface area contributed by atoms with E-state index in [0.29, 0.717) is 17.4 Å². The molecule has 2 aliphatic rings. The number of rotatable bonds is 4. The first-order valence-electron chi connectivity index (χ1n) is 9.03. The van der Waals surface area contributed by atoms with E-state index >= 15 is 0 Å². The first-order valence-corrected chi connectivity index (χ1v) is 9.03. The van der Waals surface area contributed by atoms with Gasteiger partial charge in [-0.05, 0) is 41.7 Å². The molecule has 0 aromatic heterocycles. The summed E-state index contributed by atoms with van der Waals surface area (Å²) in [6.07, 6.45) is 5.52. The maximum absolute atomic E-state index is 11.7. The molecule has 4 rings (SSSR count). The third kappa shape index (κ3) is 2.93. The minimum atomic E-state index is -0.322. The minimum absolute atomic E-state index is 0.131. The summed E-state index contributed by atoms with van der Waals surface area (Å²) in [4.78, 5) is 11.7. The maximum Gasteiger partial charge on any atom is 0.337 e. The van der Waals surface area contributed by atoms with Gasteiger partial charge < -0.3 is 19.5 Å². The van der Waals surface area contributed by atoms with Gasteiger partial charge >= 0.3 is 5.97 Å². The smallest absolute Gasteiger partial charge is 0.337 e. The van der Waals surface area contributed by atoms with Crippen molar-refractivity contribution in [2.75, 3.05) is 26.6 Å². The fourth-order valence-corrected chi connectivity index (χ4v) is 4.19. The van der Waals surface area contributed by atoms with Gasteiger partial charge in [0.1, 0.15) is 11.5 Å². The number of esters is 1. The van der Waals surface area contributed by atoms with Crippen LogP contribution in [-0.4, -0.2) is 27.3 Å². The molecule has 0 spiro atoms. The van der Waals surface area contributed by atoms with Crippen LogP contribution in [0.1, 0.15) is 39.9 Å². The number of ether oxygens (including phenoxy) is 3. The molecule has 0 bridgehead atoms. The van der Waals surface area contributed by atoms with Gasteiger partial charge in [-0.3, -0.25) is 0 Å². The number of carbonyl (C=O) groups is 1. The minimum Gasteiger partial charge on any atom is -0.497 e. The summed E-state index contributed by atoms with van der Waals surface area (Å²) in [7, 11) is 4.74. The molecular weight excluding hydrogens is 342 g/mol. The molecule has 0 radical (unpaired) electrons. The molecule has 0 saturated heterocycles. The highest BCUT2D eigenvalue weighted by Gasteiger charge is 2.39. The lowest BCUT2D eigenvalue weighted by Gasteiger charge is -2.38. The molecule has 0 amide bonds. The predicted octanol–water partition coefficient (Wildman–Crippen LogP) is 4.32. The summed E-state index contributed by atoms with van der Waals surface area (Å²) < 4.78 is 15.9. The van der Waals surface area contributed by atoms with Gasteiger partial charge in [-0.25, -0.2) is 4.79 Å². The average molecular weight is 365 g/mol. The Hall–Kier alpha value is -2.95. The molecule has 3 unspecified atom stereocenters. The van der Waals surface area contributed by atoms with Gasteiger partial charge in [-0.2, -0.15) is 0 Å². The molecule has 1 heterocycles. The molecular formula is C22H23NO4. The van der Waals surface area contributed by atoms with E-state index in [1.165, 1.54) is 12.7 Å². The summed E-state index contributed by atoms with van der Waals surface area (Å²) in [5.41, 5.74) is 3.91. The second kappa shape index (κ2) is 6.99. The summed E-state index contributed by atoms with van der Waals surface area (Å²) in [5.74, 6) is 1.96. The van der Waals surface area contributed by atoms with Gasteiger partial charge in [0.05, 0.1) is 38.6 Å². The second-order valence-electron chi connectivity index (χ2n) is 6.88. The quantitative estimate of drug-likeness (QED) is 0.646. The number of hydrogen-bond donors (Lipinski definition) is 1. The van der Waals surface area contributed by atoms with Crippen molar-refractivity contribution in [3.05, 3.63) is 65.2 Å². The van der Waals surface area contributed by atoms with Gasteiger partial charge in [0.2, 0.25) is 0 Å². The lowest BCUT2D eigenvalue weighted by atomic mass is 9.76. The van der Waals surface area contributed by atoms with Crippen molar-refractivity contribution in [1.29, 1.82) is 0 Å². The number of nitrogens with one attached hydrogen (secondary N) is 1. The van der Waals surface area contributed by atoms with E-state index < -0.39 is 0 Å². The lowest BCUT2D eigenvalue weighted by Crippen LogP contribution is -2.29. The van der Waals surface area contributed by atoms with Crippen LogP contribution in [0.2, 0.25) is 0 Å². The van der Waals surface area contributed by atoms with Gasteiger partial charge in [0, 0.05) is 12.0 Å². The highest BCUT2D eigenvalue weighted by molar-refractivity contribution is 5.89. The third-order valence-corrected chi connectivity index (χ3v) is 5.55. The number of carbonyl (C=O) groups excluding carboxylic acids is 1. The molecule has 1 N–H and O–H groups in total. The number of methoxy groups -OCH3 is 3. The maximum atomic E-state index is 11.7. The van der Waals surface area contributed by atoms with Crippen molar-refractivity contribution in [2.24, 2.45) is 5.92 Å². The van der Waals surface area contributed by atoms with Crippen molar-refractivity contribution >= 4 is 11.7 Å². The molecule has 1 aliphatic carbocycles. The van der Waals surface area contributed by atoms with Crippen molar-refractivity contribution in [2.45, 2.75) is 18.4 Å². The van der Waals surface area contributed by atoms with Crippen LogP contribution >= 0.6 is 0 Å². The van der Waals surface area contributed by atoms with E-state index in [0.717, 1.165) is 29.2 Å². The largest absolute Gasteiger partial charge is 0.497 e. The van der Waals surface area contributed by atoms with Crippen molar-refractivity contribution in [3.8, 4) is 11.5 Å². The summed E-state index contributed by atoms with van der Waals surface area (Å²) >= 11 is 0. The molecule has 0 saturated carbocycles. The summed E-state index contributed by atoms with van der Waals surface area (Å²) in [5, 5.41) is 3.68. The highest BCUT2D eigenvalue weighted by Crippen LogP contribution is 2.53. The zero-order chi connectivity index (χ0) is 19.0. The monoisotopic (exact) mass is 365 g/mol. The zero-order valence-corrected chi connectivity index (χ0v) is 15.7. The van der Waals surface area contributed by atoms with E-state index in [1.807, 2.05) is 30.3 Å². The summed E-state index contributed by atoms with van der Waals surface area (Å²) in [6.45, 7) is 0. The average Bonchev–Trinajstić information content (AvgIpc) is 3.22. The van der Waals surface area contributed by atoms with Crippen LogP contribution < -0.4 is 14.8 Å². The molecule has 3 atom stereocenters. The van der Waals surface area contributed by atoms with E-state index in [4.69, 9.17) is 14.2 Å². The number of benzene rings is 2. The topological polar surface area (TPSA) is 56.8 Å². The Morgan fingerprint density at radius 1 is 1.07 bits per heavy atom. The Labute approximate surface area is 158 Å². The van der Waals surface area contributed by atoms with Crippen LogP contribution in [0.4, 0.5) is 5.69 Å². The fraction of sp³-hybridized carbons (Fsp3) is 0.318. The van der Waals surface area contributed by atoms with Gasteiger partial charge in [-0.1, -0.05) is 24.3 Å². The first-order chi connectivity index (χ1) is 13.2. The molecule has 5 heteroatoms. The van der Waals surface area contributed by atoms with E-state index in [9.17, 15) is 4.79 Å². The predicted molar refractivity (Wildman–Crippen MR) is 104 cm³/mol. The third-order valence-electron chi connectivity index (χ3n) is 5.55. The molecule has 1 aliphatic heterocycles. The Morgan fingerprint density at radius 3 is 2.52 bits per heavy atom. The van der Waals surface area contributed by atoms with E-state index in [-0.39, 0.29) is 12.0 Å². The molecule has 27 heavy (non-hydrogen) atoms. The van der Waals surface area contributed by atoms with Gasteiger partial charge in [0.25, 0.3) is 0 Å². The Bertz CT molecular complexity index is 888. The number of anilines is 1. The van der Waals surface area contributed by atoms with Crippen LogP contribution in [0.15, 0.2) is 48.6 Å². The lowest BCUT2D eigenvalue weighted by molar-refractivity contribution is 0.0600. The second-order valence-corrected chi connectivity index (χ2v) is 6.88. The Balaban J connectivity index is 1.74. The van der Waals surface area contributed by atoms with Crippen LogP contribution in [-0.2, 0) is 4.74 Å². The van der Waals surface area contributed by atoms with Crippen molar-refractivity contribution < 1.29 is 19.0 Å². The number of fused-ring (bicyclic) bond motifs is 3. The van der Waals surface area contributed by atoms with Crippen LogP contribution in [0.25, 0.3) is 0 Å². The van der Waals surface area contributed by atoms with Crippen LogP contribution in [0, 0.1) is 5.92 Å². The SMILES string of the molecule is COC(=O)c1ccc(C2Nc3c(OC)cc(OC)cc3C3C=CCC32)cc1. The molecule has 0 fully saturated rings. The van der Waals surface area contributed by atoms with Crippen LogP contribution in [0.5, 0.6) is 11.5 Å². The van der Waals surface area contributed by atoms with Crippen molar-refractivity contribution in [1.82, 2.24) is 0 Å². The van der Waals surface area contributed by atoms with E-state index in [1.54, 1.807) is 14.2 Å². The molecule has 2 aromatic carbocycles. The Kier molecular flexibility index (Phi) is 4.52. The summed E-state index contributed by atoms with van der Waals surface area (Å²) in [6, 6.07) is 11.8. The first kappa shape index (κ1) is 17.5. The fourth-order valence-electron chi connectivity index (χ4n) is 4.19. The standard InChI is InChI=1S/C22H23NO4/c1-25-15-11-18-16-5-4-6-17(16)20(23-21(18)19(12-15)26-2)13-7-9-14(10-8-13)22(24)27-3/h4-5,7-12,16-17,20,23H,6H2,1-3H3. The highest BCUT2D eigenvalue weighted by atomic mass is 16.5. The number of hydrogen-bond acceptors (Lipinski definition) is 5. The van der Waals surface area contributed by atoms with Gasteiger partial charge in [0.15, 0.2) is 0 Å².